The van der Waals surface area contributed by atoms with Crippen LogP contribution in [-0.2, 0) is 12.3 Å². The summed E-state index contributed by atoms with van der Waals surface area (Å²) in [5.41, 5.74) is 1.24. The standard InChI is InChI=1S/C22H25N3OS2/c1-3-14-25-21(17-28-20-8-5-4-6-9-20)23-24-22(25)27-16-7-15-26-19-12-10-18(2)11-13-19/h3-6,8-13H,1,7,14-17H2,2H3. The summed E-state index contributed by atoms with van der Waals surface area (Å²) in [7, 11) is 0. The average molecular weight is 412 g/mol. The lowest BCUT2D eigenvalue weighted by atomic mass is 10.2. The zero-order valence-electron chi connectivity index (χ0n) is 16.1. The maximum Gasteiger partial charge on any atom is 0.191 e. The second-order valence-electron chi connectivity index (χ2n) is 6.26. The van der Waals surface area contributed by atoms with E-state index >= 15 is 0 Å². The summed E-state index contributed by atoms with van der Waals surface area (Å²) in [6.07, 6.45) is 2.85. The molecule has 0 radical (unpaired) electrons. The van der Waals surface area contributed by atoms with Crippen molar-refractivity contribution >= 4 is 23.5 Å². The number of hydrogen-bond donors (Lipinski definition) is 0. The first kappa shape index (κ1) is 20.6. The van der Waals surface area contributed by atoms with Crippen molar-refractivity contribution < 1.29 is 4.74 Å². The molecule has 0 amide bonds. The predicted octanol–water partition coefficient (Wildman–Crippen LogP) is 5.63. The molecule has 2 aromatic carbocycles. The first-order chi connectivity index (χ1) is 13.8. The van der Waals surface area contributed by atoms with Crippen molar-refractivity contribution in [3.8, 4) is 5.75 Å². The van der Waals surface area contributed by atoms with Crippen LogP contribution < -0.4 is 4.74 Å². The van der Waals surface area contributed by atoms with Crippen molar-refractivity contribution in [2.75, 3.05) is 12.4 Å². The minimum atomic E-state index is 0.697. The van der Waals surface area contributed by atoms with Gasteiger partial charge in [-0.1, -0.05) is 53.7 Å². The number of aryl methyl sites for hydroxylation is 1. The summed E-state index contributed by atoms with van der Waals surface area (Å²) in [5.74, 6) is 3.63. The molecule has 0 fully saturated rings. The number of benzene rings is 2. The Morgan fingerprint density at radius 1 is 1.04 bits per heavy atom. The summed E-state index contributed by atoms with van der Waals surface area (Å²) in [5, 5.41) is 9.73. The van der Waals surface area contributed by atoms with Gasteiger partial charge in [-0.05, 0) is 37.6 Å². The highest BCUT2D eigenvalue weighted by molar-refractivity contribution is 7.99. The average Bonchev–Trinajstić information content (AvgIpc) is 3.10. The Morgan fingerprint density at radius 2 is 1.82 bits per heavy atom. The molecule has 0 aliphatic rings. The van der Waals surface area contributed by atoms with E-state index in [4.69, 9.17) is 4.74 Å². The maximum absolute atomic E-state index is 5.79. The third kappa shape index (κ3) is 6.17. The van der Waals surface area contributed by atoms with Crippen LogP contribution in [-0.4, -0.2) is 27.1 Å². The van der Waals surface area contributed by atoms with E-state index in [0.717, 1.165) is 41.2 Å². The molecule has 28 heavy (non-hydrogen) atoms. The normalized spacial score (nSPS) is 10.8. The SMILES string of the molecule is C=CCn1c(CSc2ccccc2)nnc1SCCCOc1ccc(C)cc1. The lowest BCUT2D eigenvalue weighted by Crippen LogP contribution is -2.04. The fourth-order valence-corrected chi connectivity index (χ4v) is 4.29. The minimum absolute atomic E-state index is 0.697. The Balaban J connectivity index is 1.48. The Kier molecular flexibility index (Phi) is 8.06. The number of thioether (sulfide) groups is 2. The van der Waals surface area contributed by atoms with Gasteiger partial charge in [0.1, 0.15) is 11.6 Å². The van der Waals surface area contributed by atoms with E-state index in [-0.39, 0.29) is 0 Å². The summed E-state index contributed by atoms with van der Waals surface area (Å²) in [6.45, 7) is 7.37. The van der Waals surface area contributed by atoms with Crippen molar-refractivity contribution in [1.29, 1.82) is 0 Å². The van der Waals surface area contributed by atoms with Crippen LogP contribution in [0.2, 0.25) is 0 Å². The zero-order chi connectivity index (χ0) is 19.6. The fraction of sp³-hybridized carbons (Fsp3) is 0.273. The van der Waals surface area contributed by atoms with Crippen molar-refractivity contribution in [3.05, 3.63) is 78.6 Å². The molecule has 1 heterocycles. The van der Waals surface area contributed by atoms with Crippen LogP contribution in [0.5, 0.6) is 5.75 Å². The van der Waals surface area contributed by atoms with Crippen LogP contribution in [0, 0.1) is 6.92 Å². The van der Waals surface area contributed by atoms with Gasteiger partial charge in [0, 0.05) is 17.2 Å². The largest absolute Gasteiger partial charge is 0.494 e. The van der Waals surface area contributed by atoms with Gasteiger partial charge in [-0.15, -0.1) is 28.5 Å². The van der Waals surface area contributed by atoms with E-state index in [1.165, 1.54) is 10.5 Å². The third-order valence-electron chi connectivity index (χ3n) is 4.03. The second-order valence-corrected chi connectivity index (χ2v) is 8.37. The van der Waals surface area contributed by atoms with E-state index in [1.54, 1.807) is 23.5 Å². The van der Waals surface area contributed by atoms with Gasteiger partial charge in [-0.25, -0.2) is 0 Å². The number of aromatic nitrogens is 3. The number of ether oxygens (including phenoxy) is 1. The van der Waals surface area contributed by atoms with E-state index in [0.29, 0.717) is 6.61 Å². The van der Waals surface area contributed by atoms with Gasteiger partial charge in [0.2, 0.25) is 0 Å². The van der Waals surface area contributed by atoms with Crippen molar-refractivity contribution in [1.82, 2.24) is 14.8 Å². The molecule has 0 N–H and O–H groups in total. The molecule has 4 nitrogen and oxygen atoms in total. The highest BCUT2D eigenvalue weighted by Crippen LogP contribution is 2.25. The van der Waals surface area contributed by atoms with Crippen LogP contribution in [0.4, 0.5) is 0 Å². The van der Waals surface area contributed by atoms with Crippen LogP contribution >= 0.6 is 23.5 Å². The van der Waals surface area contributed by atoms with Crippen molar-refractivity contribution in [2.24, 2.45) is 0 Å². The fourth-order valence-electron chi connectivity index (χ4n) is 2.56. The molecule has 1 aromatic heterocycles. The monoisotopic (exact) mass is 411 g/mol. The Labute approximate surface area is 175 Å². The molecular formula is C22H25N3OS2. The maximum atomic E-state index is 5.79. The molecule has 3 rings (SSSR count). The Bertz CT molecular complexity index is 863. The summed E-state index contributed by atoms with van der Waals surface area (Å²) in [6, 6.07) is 18.5. The first-order valence-electron chi connectivity index (χ1n) is 9.29. The lowest BCUT2D eigenvalue weighted by molar-refractivity contribution is 0.318. The van der Waals surface area contributed by atoms with Gasteiger partial charge in [-0.2, -0.15) is 0 Å². The smallest absolute Gasteiger partial charge is 0.191 e. The molecular weight excluding hydrogens is 386 g/mol. The quantitative estimate of drug-likeness (QED) is 0.232. The lowest BCUT2D eigenvalue weighted by Gasteiger charge is -2.08. The topological polar surface area (TPSA) is 39.9 Å². The minimum Gasteiger partial charge on any atom is -0.494 e. The second kappa shape index (κ2) is 11.0. The molecule has 146 valence electrons. The molecule has 0 atom stereocenters. The highest BCUT2D eigenvalue weighted by atomic mass is 32.2. The van der Waals surface area contributed by atoms with Crippen LogP contribution in [0.15, 0.2) is 77.3 Å². The highest BCUT2D eigenvalue weighted by Gasteiger charge is 2.12. The number of allylic oxidation sites excluding steroid dienone is 1. The molecule has 3 aromatic rings. The van der Waals surface area contributed by atoms with Gasteiger partial charge in [-0.3, -0.25) is 0 Å². The van der Waals surface area contributed by atoms with E-state index in [2.05, 4.69) is 64.7 Å². The molecule has 0 saturated heterocycles. The first-order valence-corrected chi connectivity index (χ1v) is 11.3. The summed E-state index contributed by atoms with van der Waals surface area (Å²) in [4.78, 5) is 1.23. The van der Waals surface area contributed by atoms with Gasteiger partial charge in [0.25, 0.3) is 0 Å². The molecule has 0 saturated carbocycles. The van der Waals surface area contributed by atoms with E-state index in [9.17, 15) is 0 Å². The van der Waals surface area contributed by atoms with Gasteiger partial charge in [0.05, 0.1) is 12.4 Å². The summed E-state index contributed by atoms with van der Waals surface area (Å²) < 4.78 is 7.94. The van der Waals surface area contributed by atoms with Crippen molar-refractivity contribution in [3.63, 3.8) is 0 Å². The van der Waals surface area contributed by atoms with Crippen molar-refractivity contribution in [2.45, 2.75) is 35.7 Å². The van der Waals surface area contributed by atoms with Crippen LogP contribution in [0.3, 0.4) is 0 Å². The predicted molar refractivity (Wildman–Crippen MR) is 118 cm³/mol. The Hall–Kier alpha value is -2.18. The van der Waals surface area contributed by atoms with Gasteiger partial charge < -0.3 is 9.30 Å². The van der Waals surface area contributed by atoms with Crippen LogP contribution in [0.1, 0.15) is 17.8 Å². The zero-order valence-corrected chi connectivity index (χ0v) is 17.7. The molecule has 0 bridgehead atoms. The van der Waals surface area contributed by atoms with Crippen LogP contribution in [0.25, 0.3) is 0 Å². The number of hydrogen-bond acceptors (Lipinski definition) is 5. The number of nitrogens with zero attached hydrogens (tertiary/aromatic N) is 3. The summed E-state index contributed by atoms with van der Waals surface area (Å²) >= 11 is 3.49. The third-order valence-corrected chi connectivity index (χ3v) is 6.09. The molecule has 0 aliphatic heterocycles. The molecule has 0 unspecified atom stereocenters. The van der Waals surface area contributed by atoms with Gasteiger partial charge in [0.15, 0.2) is 5.16 Å². The molecule has 0 spiro atoms. The van der Waals surface area contributed by atoms with E-state index in [1.807, 2.05) is 24.3 Å². The molecule has 0 aliphatic carbocycles. The van der Waals surface area contributed by atoms with Gasteiger partial charge >= 0.3 is 0 Å². The Morgan fingerprint density at radius 3 is 2.57 bits per heavy atom. The van der Waals surface area contributed by atoms with E-state index < -0.39 is 0 Å². The molecule has 6 heteroatoms. The number of rotatable bonds is 11.